The average molecular weight is 245 g/mol. The molecule has 16 heavy (non-hydrogen) atoms. The molecule has 0 saturated carbocycles. The summed E-state index contributed by atoms with van der Waals surface area (Å²) in [6, 6.07) is 4.02. The second-order valence-corrected chi connectivity index (χ2v) is 4.55. The Kier molecular flexibility index (Phi) is 6.40. The van der Waals surface area contributed by atoms with Crippen molar-refractivity contribution in [1.29, 1.82) is 0 Å². The first-order valence-electron chi connectivity index (χ1n) is 5.25. The summed E-state index contributed by atoms with van der Waals surface area (Å²) in [6.45, 7) is 3.19. The second-order valence-electron chi connectivity index (χ2n) is 3.42. The summed E-state index contributed by atoms with van der Waals surface area (Å²) in [6.07, 6.45) is 0. The van der Waals surface area contributed by atoms with Crippen LogP contribution in [0.2, 0.25) is 0 Å². The summed E-state index contributed by atoms with van der Waals surface area (Å²) in [5, 5.41) is 9.88. The third-order valence-corrected chi connectivity index (χ3v) is 3.28. The molecule has 92 valence electrons. The molecule has 0 aliphatic heterocycles. The van der Waals surface area contributed by atoms with Gasteiger partial charge in [-0.25, -0.2) is 0 Å². The quantitative estimate of drug-likeness (QED) is 0.747. The molecular weight excluding hydrogens is 226 g/mol. The molecule has 5 heteroatoms. The van der Waals surface area contributed by atoms with Crippen molar-refractivity contribution in [2.45, 2.75) is 6.54 Å². The van der Waals surface area contributed by atoms with Gasteiger partial charge in [0.2, 0.25) is 0 Å². The molecule has 0 amide bonds. The molecule has 1 heterocycles. The molecule has 1 aromatic heterocycles. The Bertz CT molecular complexity index is 291. The van der Waals surface area contributed by atoms with Gasteiger partial charge in [0.1, 0.15) is 0 Å². The van der Waals surface area contributed by atoms with Crippen LogP contribution in [0.5, 0.6) is 5.06 Å². The van der Waals surface area contributed by atoms with Gasteiger partial charge in [0.25, 0.3) is 0 Å². The van der Waals surface area contributed by atoms with Gasteiger partial charge in [-0.05, 0) is 12.1 Å². The van der Waals surface area contributed by atoms with Crippen molar-refractivity contribution in [1.82, 2.24) is 4.90 Å². The molecule has 0 unspecified atom stereocenters. The number of hydrogen-bond acceptors (Lipinski definition) is 5. The Hall–Kier alpha value is -0.620. The fourth-order valence-corrected chi connectivity index (χ4v) is 2.27. The normalized spacial score (nSPS) is 11.0. The van der Waals surface area contributed by atoms with Crippen LogP contribution in [0.3, 0.4) is 0 Å². The topological polar surface area (TPSA) is 41.9 Å². The van der Waals surface area contributed by atoms with E-state index in [4.69, 9.17) is 14.6 Å². The average Bonchev–Trinajstić information content (AvgIpc) is 2.74. The van der Waals surface area contributed by atoms with Crippen LogP contribution in [-0.2, 0) is 11.3 Å². The highest BCUT2D eigenvalue weighted by Gasteiger charge is 2.07. The summed E-state index contributed by atoms with van der Waals surface area (Å²) in [7, 11) is 3.36. The lowest BCUT2D eigenvalue weighted by atomic mass is 10.4. The van der Waals surface area contributed by atoms with Crippen LogP contribution in [0.25, 0.3) is 0 Å². The lowest BCUT2D eigenvalue weighted by Crippen LogP contribution is -2.29. The maximum atomic E-state index is 8.96. The fraction of sp³-hybridized carbons (Fsp3) is 0.636. The van der Waals surface area contributed by atoms with Gasteiger partial charge in [0.15, 0.2) is 5.06 Å². The molecule has 1 rings (SSSR count). The number of nitrogens with zero attached hydrogens (tertiary/aromatic N) is 1. The zero-order valence-electron chi connectivity index (χ0n) is 9.81. The molecule has 0 atom stereocenters. The van der Waals surface area contributed by atoms with E-state index in [2.05, 4.69) is 11.0 Å². The lowest BCUT2D eigenvalue weighted by Gasteiger charge is -2.19. The zero-order chi connectivity index (χ0) is 11.8. The Morgan fingerprint density at radius 1 is 1.31 bits per heavy atom. The molecule has 1 N–H and O–H groups in total. The molecule has 0 saturated heterocycles. The third-order valence-electron chi connectivity index (χ3n) is 2.25. The maximum Gasteiger partial charge on any atom is 0.173 e. The number of ether oxygens (including phenoxy) is 2. The van der Waals surface area contributed by atoms with Crippen LogP contribution in [0.15, 0.2) is 12.1 Å². The summed E-state index contributed by atoms with van der Waals surface area (Å²) in [5.74, 6) is 0. The van der Waals surface area contributed by atoms with Crippen LogP contribution in [0.4, 0.5) is 0 Å². The van der Waals surface area contributed by atoms with Crippen LogP contribution in [0.1, 0.15) is 4.88 Å². The molecule has 0 spiro atoms. The standard InChI is InChI=1S/C11H19NO3S/c1-14-8-6-12(5-7-13)9-10-3-4-11(15-2)16-10/h3-4,13H,5-9H2,1-2H3. The van der Waals surface area contributed by atoms with E-state index in [1.54, 1.807) is 25.6 Å². The van der Waals surface area contributed by atoms with E-state index in [1.807, 2.05) is 6.07 Å². The number of aliphatic hydroxyl groups is 1. The van der Waals surface area contributed by atoms with Crippen LogP contribution in [0, 0.1) is 0 Å². The smallest absolute Gasteiger partial charge is 0.173 e. The van der Waals surface area contributed by atoms with Gasteiger partial charge in [0.05, 0.1) is 20.3 Å². The van der Waals surface area contributed by atoms with Gasteiger partial charge in [-0.2, -0.15) is 0 Å². The lowest BCUT2D eigenvalue weighted by molar-refractivity contribution is 0.127. The Balaban J connectivity index is 2.46. The van der Waals surface area contributed by atoms with E-state index in [9.17, 15) is 0 Å². The summed E-state index contributed by atoms with van der Waals surface area (Å²) < 4.78 is 10.2. The number of hydrogen-bond donors (Lipinski definition) is 1. The molecule has 0 bridgehead atoms. The minimum absolute atomic E-state index is 0.173. The van der Waals surface area contributed by atoms with Crippen molar-refractivity contribution in [2.75, 3.05) is 40.5 Å². The van der Waals surface area contributed by atoms with Gasteiger partial charge < -0.3 is 14.6 Å². The predicted molar refractivity (Wildman–Crippen MR) is 65.1 cm³/mol. The van der Waals surface area contributed by atoms with Crippen molar-refractivity contribution in [2.24, 2.45) is 0 Å². The molecule has 1 aromatic rings. The monoisotopic (exact) mass is 245 g/mol. The minimum atomic E-state index is 0.173. The first-order chi connectivity index (χ1) is 7.80. The fourth-order valence-electron chi connectivity index (χ4n) is 1.41. The minimum Gasteiger partial charge on any atom is -0.487 e. The van der Waals surface area contributed by atoms with E-state index >= 15 is 0 Å². The molecule has 0 aliphatic rings. The zero-order valence-corrected chi connectivity index (χ0v) is 10.6. The first kappa shape index (κ1) is 13.4. The van der Waals surface area contributed by atoms with E-state index in [-0.39, 0.29) is 6.61 Å². The highest BCUT2D eigenvalue weighted by Crippen LogP contribution is 2.24. The SMILES string of the molecule is COCCN(CCO)Cc1ccc(OC)s1. The maximum absolute atomic E-state index is 8.96. The van der Waals surface area contributed by atoms with E-state index in [1.165, 1.54) is 4.88 Å². The van der Waals surface area contributed by atoms with Gasteiger partial charge in [-0.15, -0.1) is 11.3 Å². The number of methoxy groups -OCH3 is 2. The van der Waals surface area contributed by atoms with Crippen molar-refractivity contribution in [3.63, 3.8) is 0 Å². The number of aliphatic hydroxyl groups excluding tert-OH is 1. The predicted octanol–water partition coefficient (Wildman–Crippen LogP) is 1.20. The number of thiophene rings is 1. The van der Waals surface area contributed by atoms with E-state index in [0.717, 1.165) is 18.2 Å². The summed E-state index contributed by atoms with van der Waals surface area (Å²) >= 11 is 1.63. The van der Waals surface area contributed by atoms with Crippen LogP contribution < -0.4 is 4.74 Å². The van der Waals surface area contributed by atoms with Crippen molar-refractivity contribution in [3.8, 4) is 5.06 Å². The second kappa shape index (κ2) is 7.62. The highest BCUT2D eigenvalue weighted by molar-refractivity contribution is 7.13. The Morgan fingerprint density at radius 3 is 2.69 bits per heavy atom. The Morgan fingerprint density at radius 2 is 2.12 bits per heavy atom. The molecule has 4 nitrogen and oxygen atoms in total. The van der Waals surface area contributed by atoms with Crippen molar-refractivity contribution < 1.29 is 14.6 Å². The summed E-state index contributed by atoms with van der Waals surface area (Å²) in [4.78, 5) is 3.40. The van der Waals surface area contributed by atoms with Gasteiger partial charge >= 0.3 is 0 Å². The summed E-state index contributed by atoms with van der Waals surface area (Å²) in [5.41, 5.74) is 0. The highest BCUT2D eigenvalue weighted by atomic mass is 32.1. The third kappa shape index (κ3) is 4.49. The molecule has 0 radical (unpaired) electrons. The van der Waals surface area contributed by atoms with Crippen molar-refractivity contribution >= 4 is 11.3 Å². The molecule has 0 fully saturated rings. The van der Waals surface area contributed by atoms with Gasteiger partial charge in [-0.1, -0.05) is 0 Å². The van der Waals surface area contributed by atoms with Crippen LogP contribution in [-0.4, -0.2) is 50.5 Å². The van der Waals surface area contributed by atoms with Crippen molar-refractivity contribution in [3.05, 3.63) is 17.0 Å². The first-order valence-corrected chi connectivity index (χ1v) is 6.06. The largest absolute Gasteiger partial charge is 0.487 e. The molecular formula is C11H19NO3S. The Labute approximate surface area is 100 Å². The molecule has 0 aliphatic carbocycles. The van der Waals surface area contributed by atoms with Gasteiger partial charge in [0, 0.05) is 31.6 Å². The van der Waals surface area contributed by atoms with Gasteiger partial charge in [-0.3, -0.25) is 4.90 Å². The van der Waals surface area contributed by atoms with E-state index in [0.29, 0.717) is 13.2 Å². The molecule has 0 aromatic carbocycles. The van der Waals surface area contributed by atoms with Crippen LogP contribution >= 0.6 is 11.3 Å². The number of rotatable bonds is 8. The van der Waals surface area contributed by atoms with E-state index < -0.39 is 0 Å².